The summed E-state index contributed by atoms with van der Waals surface area (Å²) in [4.78, 5) is 70.7. The second-order valence-electron chi connectivity index (χ2n) is 7.99. The van der Waals surface area contributed by atoms with Crippen LogP contribution in [-0.4, -0.2) is 79.8 Å². The average Bonchev–Trinajstić information content (AvgIpc) is 2.90. The number of carboxylic acids is 2. The molecule has 0 saturated carbocycles. The molecule has 206 valence electrons. The van der Waals surface area contributed by atoms with Gasteiger partial charge in [0.15, 0.2) is 11.2 Å². The van der Waals surface area contributed by atoms with Gasteiger partial charge < -0.3 is 36.1 Å². The Labute approximate surface area is 219 Å². The number of esters is 1. The second kappa shape index (κ2) is 13.4. The van der Waals surface area contributed by atoms with Gasteiger partial charge in [0.25, 0.3) is 11.5 Å². The molecule has 7 N–H and O–H groups in total. The van der Waals surface area contributed by atoms with Gasteiger partial charge in [-0.15, -0.1) is 0 Å². The highest BCUT2D eigenvalue weighted by atomic mass is 16.6. The summed E-state index contributed by atoms with van der Waals surface area (Å²) in [6, 6.07) is 4.86. The number of ether oxygens (including phenoxy) is 2. The number of nitrogens with two attached hydrogens (primary N) is 1. The molecule has 1 saturated heterocycles. The first kappa shape index (κ1) is 28.5. The van der Waals surface area contributed by atoms with Gasteiger partial charge in [-0.3, -0.25) is 19.4 Å². The van der Waals surface area contributed by atoms with Crippen LogP contribution in [0.3, 0.4) is 0 Å². The molecule has 3 aromatic rings. The molecule has 1 aliphatic rings. The quantitative estimate of drug-likeness (QED) is 0.186. The summed E-state index contributed by atoms with van der Waals surface area (Å²) < 4.78 is 9.22. The van der Waals surface area contributed by atoms with Crippen molar-refractivity contribution in [1.82, 2.24) is 25.3 Å². The molecule has 1 fully saturated rings. The van der Waals surface area contributed by atoms with Crippen LogP contribution >= 0.6 is 0 Å². The number of hydrogen-bond donors (Lipinski definition) is 6. The number of cyclic esters (lactones) is 1. The Balaban J connectivity index is 0.000000520. The molecule has 3 heterocycles. The number of carbonyl (C=O) groups excluding carboxylic acids is 2. The molecule has 39 heavy (non-hydrogen) atoms. The number of benzene rings is 1. The minimum Gasteiger partial charge on any atom is -0.481 e. The van der Waals surface area contributed by atoms with Crippen molar-refractivity contribution in [3.63, 3.8) is 0 Å². The molecule has 0 bridgehead atoms. The van der Waals surface area contributed by atoms with Crippen LogP contribution in [0.5, 0.6) is 0 Å². The fraction of sp³-hybridized carbons (Fsp3) is 0.304. The summed E-state index contributed by atoms with van der Waals surface area (Å²) in [6.07, 6.45) is 0.840. The van der Waals surface area contributed by atoms with Crippen LogP contribution in [0.15, 0.2) is 35.3 Å². The third-order valence-electron chi connectivity index (χ3n) is 5.07. The Morgan fingerprint density at radius 2 is 1.85 bits per heavy atom. The number of carboxylic acid groups (broad SMARTS) is 2. The Bertz CT molecular complexity index is 1400. The first-order valence-corrected chi connectivity index (χ1v) is 11.5. The van der Waals surface area contributed by atoms with Crippen LogP contribution in [0.1, 0.15) is 28.9 Å². The molecule has 1 atom stereocenters. The minimum atomic E-state index is -1.31. The van der Waals surface area contributed by atoms with E-state index in [1.54, 1.807) is 12.1 Å². The average molecular weight is 543 g/mol. The molecule has 2 aromatic heterocycles. The minimum absolute atomic E-state index is 0.0524. The van der Waals surface area contributed by atoms with E-state index >= 15 is 0 Å². The van der Waals surface area contributed by atoms with E-state index in [2.05, 4.69) is 35.3 Å². The number of rotatable bonds is 9. The van der Waals surface area contributed by atoms with E-state index in [1.165, 1.54) is 18.3 Å². The predicted molar refractivity (Wildman–Crippen MR) is 134 cm³/mol. The van der Waals surface area contributed by atoms with Gasteiger partial charge in [-0.1, -0.05) is 0 Å². The van der Waals surface area contributed by atoms with Crippen LogP contribution in [0.25, 0.3) is 11.2 Å². The van der Waals surface area contributed by atoms with Crippen molar-refractivity contribution in [1.29, 1.82) is 0 Å². The Hall–Kier alpha value is -5.12. The topological polar surface area (TPSA) is 249 Å². The Morgan fingerprint density at radius 3 is 2.44 bits per heavy atom. The van der Waals surface area contributed by atoms with Crippen molar-refractivity contribution in [2.75, 3.05) is 30.9 Å². The van der Waals surface area contributed by atoms with E-state index in [1.807, 2.05) is 0 Å². The lowest BCUT2D eigenvalue weighted by atomic mass is 10.1. The molecule has 16 nitrogen and oxygen atoms in total. The molecule has 1 aliphatic heterocycles. The van der Waals surface area contributed by atoms with Gasteiger partial charge in [0.1, 0.15) is 19.3 Å². The lowest BCUT2D eigenvalue weighted by Gasteiger charge is -2.14. The molecule has 16 heteroatoms. The number of aliphatic carboxylic acids is 2. The zero-order valence-corrected chi connectivity index (χ0v) is 20.4. The van der Waals surface area contributed by atoms with Gasteiger partial charge in [0.2, 0.25) is 5.95 Å². The molecule has 1 amide bonds. The van der Waals surface area contributed by atoms with Gasteiger partial charge in [0, 0.05) is 17.7 Å². The third kappa shape index (κ3) is 8.74. The molecular weight excluding hydrogens is 518 g/mol. The van der Waals surface area contributed by atoms with E-state index < -0.39 is 29.4 Å². The molecule has 0 spiro atoms. The van der Waals surface area contributed by atoms with E-state index in [0.29, 0.717) is 24.6 Å². The van der Waals surface area contributed by atoms with Crippen molar-refractivity contribution in [3.8, 4) is 0 Å². The number of hydrogen-bond acceptors (Lipinski definition) is 12. The SMILES string of the molecule is Nc1nc2ncc(CNc3ccc(C(=O)N[C@@H](CCC(=O)O)C(=O)O)cc3)nc2c(=O)[nH]1.O=C1COCCO1. The standard InChI is InChI=1S/C19H19N7O6.C4H6O3/c20-19-25-15-14(17(30)26-19)23-11(8-22-15)7-21-10-3-1-9(2-4-10)16(29)24-12(18(31)32)5-6-13(27)28;5-4-3-6-1-2-7-4/h1-4,8,12,21H,5-7H2,(H,24,29)(H,27,28)(H,31,32)(H3,20,22,25,26,30);1-3H2/t12-;/m0./s1. The van der Waals surface area contributed by atoms with Crippen molar-refractivity contribution >= 4 is 46.6 Å². The highest BCUT2D eigenvalue weighted by molar-refractivity contribution is 5.97. The van der Waals surface area contributed by atoms with Crippen LogP contribution < -0.4 is 21.9 Å². The number of nitrogens with one attached hydrogen (secondary N) is 3. The fourth-order valence-corrected chi connectivity index (χ4v) is 3.17. The number of fused-ring (bicyclic) bond motifs is 1. The van der Waals surface area contributed by atoms with Crippen LogP contribution in [0.2, 0.25) is 0 Å². The largest absolute Gasteiger partial charge is 0.481 e. The highest BCUT2D eigenvalue weighted by Crippen LogP contribution is 2.12. The predicted octanol–water partition coefficient (Wildman–Crippen LogP) is -0.485. The number of H-pyrrole nitrogens is 1. The zero-order valence-electron chi connectivity index (χ0n) is 20.4. The maximum atomic E-state index is 12.3. The van der Waals surface area contributed by atoms with Crippen molar-refractivity contribution in [2.24, 2.45) is 0 Å². The lowest BCUT2D eigenvalue weighted by molar-refractivity contribution is -0.159. The molecule has 0 radical (unpaired) electrons. The number of aromatic nitrogens is 4. The summed E-state index contributed by atoms with van der Waals surface area (Å²) in [5, 5.41) is 23.2. The molecule has 4 rings (SSSR count). The summed E-state index contributed by atoms with van der Waals surface area (Å²) in [5.41, 5.74) is 6.47. The van der Waals surface area contributed by atoms with Crippen LogP contribution in [0.4, 0.5) is 11.6 Å². The molecule has 0 unspecified atom stereocenters. The maximum Gasteiger partial charge on any atom is 0.332 e. The number of nitrogens with zero attached hydrogens (tertiary/aromatic N) is 3. The van der Waals surface area contributed by atoms with Gasteiger partial charge in [-0.05, 0) is 30.7 Å². The molecular formula is C23H25N7O9. The van der Waals surface area contributed by atoms with Crippen molar-refractivity contribution in [2.45, 2.75) is 25.4 Å². The number of anilines is 2. The highest BCUT2D eigenvalue weighted by Gasteiger charge is 2.21. The number of aromatic amines is 1. The Kier molecular flexibility index (Phi) is 9.80. The fourth-order valence-electron chi connectivity index (χ4n) is 3.17. The van der Waals surface area contributed by atoms with Gasteiger partial charge in [-0.25, -0.2) is 19.6 Å². The normalized spacial score (nSPS) is 13.4. The summed E-state index contributed by atoms with van der Waals surface area (Å²) in [7, 11) is 0. The van der Waals surface area contributed by atoms with Gasteiger partial charge in [-0.2, -0.15) is 4.98 Å². The number of amides is 1. The van der Waals surface area contributed by atoms with Gasteiger partial charge in [0.05, 0.1) is 25.0 Å². The molecule has 1 aromatic carbocycles. The summed E-state index contributed by atoms with van der Waals surface area (Å²) >= 11 is 0. The number of nitrogen functional groups attached to an aromatic ring is 1. The van der Waals surface area contributed by atoms with Crippen molar-refractivity contribution < 1.29 is 38.9 Å². The molecule has 0 aliphatic carbocycles. The number of carbonyl (C=O) groups is 4. The van der Waals surface area contributed by atoms with Crippen molar-refractivity contribution in [3.05, 3.63) is 52.1 Å². The maximum absolute atomic E-state index is 12.3. The Morgan fingerprint density at radius 1 is 1.10 bits per heavy atom. The first-order valence-electron chi connectivity index (χ1n) is 11.5. The second-order valence-corrected chi connectivity index (χ2v) is 7.99. The van der Waals surface area contributed by atoms with E-state index in [4.69, 9.17) is 20.7 Å². The summed E-state index contributed by atoms with van der Waals surface area (Å²) in [5.74, 6) is -3.41. The monoisotopic (exact) mass is 543 g/mol. The smallest absolute Gasteiger partial charge is 0.332 e. The summed E-state index contributed by atoms with van der Waals surface area (Å²) in [6.45, 7) is 1.32. The first-order chi connectivity index (χ1) is 18.6. The zero-order chi connectivity index (χ0) is 28.4. The lowest BCUT2D eigenvalue weighted by Crippen LogP contribution is -2.41. The van der Waals surface area contributed by atoms with Crippen LogP contribution in [0, 0.1) is 0 Å². The van der Waals surface area contributed by atoms with Crippen LogP contribution in [-0.2, 0) is 30.4 Å². The van der Waals surface area contributed by atoms with E-state index in [-0.39, 0.29) is 54.6 Å². The van der Waals surface area contributed by atoms with Gasteiger partial charge >= 0.3 is 17.9 Å². The third-order valence-corrected chi connectivity index (χ3v) is 5.07. The van der Waals surface area contributed by atoms with E-state index in [0.717, 1.165) is 0 Å². The van der Waals surface area contributed by atoms with E-state index in [9.17, 15) is 24.0 Å².